The molecule has 0 fully saturated rings. The third-order valence-corrected chi connectivity index (χ3v) is 3.09. The summed E-state index contributed by atoms with van der Waals surface area (Å²) in [5.74, 6) is 0.228. The third kappa shape index (κ3) is 2.58. The summed E-state index contributed by atoms with van der Waals surface area (Å²) >= 11 is 0. The van der Waals surface area contributed by atoms with Gasteiger partial charge in [-0.2, -0.15) is 0 Å². The highest BCUT2D eigenvalue weighted by atomic mass is 19.1. The van der Waals surface area contributed by atoms with Gasteiger partial charge in [0.25, 0.3) is 0 Å². The molecule has 3 aromatic rings. The van der Waals surface area contributed by atoms with Crippen LogP contribution in [-0.2, 0) is 0 Å². The van der Waals surface area contributed by atoms with E-state index in [9.17, 15) is 9.18 Å². The molecule has 4 nitrogen and oxygen atoms in total. The molecule has 1 heterocycles. The second kappa shape index (κ2) is 5.28. The molecule has 0 radical (unpaired) electrons. The van der Waals surface area contributed by atoms with Crippen LogP contribution in [0.25, 0.3) is 11.0 Å². The zero-order valence-corrected chi connectivity index (χ0v) is 11.2. The van der Waals surface area contributed by atoms with Gasteiger partial charge in [0.05, 0.1) is 12.5 Å². The SMILES string of the molecule is COc1ccc2c(=O)c(Nc3cccc(F)c3)coc2c1. The highest BCUT2D eigenvalue weighted by molar-refractivity contribution is 5.81. The summed E-state index contributed by atoms with van der Waals surface area (Å²) in [5, 5.41) is 3.28. The largest absolute Gasteiger partial charge is 0.497 e. The Balaban J connectivity index is 2.04. The quantitative estimate of drug-likeness (QED) is 0.797. The molecule has 5 heteroatoms. The molecule has 3 rings (SSSR count). The predicted molar refractivity (Wildman–Crippen MR) is 78.7 cm³/mol. The predicted octanol–water partition coefficient (Wildman–Crippen LogP) is 3.68. The van der Waals surface area contributed by atoms with Crippen LogP contribution >= 0.6 is 0 Å². The van der Waals surface area contributed by atoms with Crippen LogP contribution in [0.5, 0.6) is 5.75 Å². The number of anilines is 2. The fraction of sp³-hybridized carbons (Fsp3) is 0.0625. The molecule has 0 amide bonds. The Hall–Kier alpha value is -2.82. The van der Waals surface area contributed by atoms with Crippen LogP contribution in [0.1, 0.15) is 0 Å². The normalized spacial score (nSPS) is 10.6. The van der Waals surface area contributed by atoms with Crippen molar-refractivity contribution in [3.05, 3.63) is 64.8 Å². The first kappa shape index (κ1) is 13.2. The lowest BCUT2D eigenvalue weighted by Gasteiger charge is -2.07. The minimum atomic E-state index is -0.380. The van der Waals surface area contributed by atoms with E-state index in [1.807, 2.05) is 0 Å². The van der Waals surface area contributed by atoms with E-state index < -0.39 is 0 Å². The molecule has 1 aromatic heterocycles. The summed E-state index contributed by atoms with van der Waals surface area (Å²) in [7, 11) is 1.54. The minimum Gasteiger partial charge on any atom is -0.497 e. The fourth-order valence-corrected chi connectivity index (χ4v) is 2.04. The number of fused-ring (bicyclic) bond motifs is 1. The van der Waals surface area contributed by atoms with Crippen LogP contribution in [0.4, 0.5) is 15.8 Å². The van der Waals surface area contributed by atoms with E-state index >= 15 is 0 Å². The second-order valence-electron chi connectivity index (χ2n) is 4.48. The van der Waals surface area contributed by atoms with Gasteiger partial charge in [0.2, 0.25) is 5.43 Å². The summed E-state index contributed by atoms with van der Waals surface area (Å²) in [6.07, 6.45) is 1.31. The molecule has 0 aliphatic rings. The van der Waals surface area contributed by atoms with Crippen molar-refractivity contribution < 1.29 is 13.5 Å². The molecule has 1 N–H and O–H groups in total. The Morgan fingerprint density at radius 2 is 2.05 bits per heavy atom. The van der Waals surface area contributed by atoms with Crippen molar-refractivity contribution in [2.45, 2.75) is 0 Å². The van der Waals surface area contributed by atoms with Gasteiger partial charge in [0, 0.05) is 11.8 Å². The van der Waals surface area contributed by atoms with E-state index in [-0.39, 0.29) is 16.9 Å². The molecule has 0 unspecified atom stereocenters. The molecule has 2 aromatic carbocycles. The number of ether oxygens (including phenoxy) is 1. The maximum atomic E-state index is 13.2. The number of methoxy groups -OCH3 is 1. The monoisotopic (exact) mass is 285 g/mol. The van der Waals surface area contributed by atoms with Crippen molar-refractivity contribution in [3.8, 4) is 5.75 Å². The first-order valence-corrected chi connectivity index (χ1v) is 6.29. The topological polar surface area (TPSA) is 51.5 Å². The van der Waals surface area contributed by atoms with Gasteiger partial charge in [0.1, 0.15) is 29.1 Å². The van der Waals surface area contributed by atoms with Gasteiger partial charge in [-0.1, -0.05) is 6.07 Å². The number of hydrogen-bond donors (Lipinski definition) is 1. The molecular formula is C16H12FNO3. The molecule has 21 heavy (non-hydrogen) atoms. The lowest BCUT2D eigenvalue weighted by atomic mass is 10.2. The summed E-state index contributed by atoms with van der Waals surface area (Å²) in [6, 6.07) is 10.8. The van der Waals surface area contributed by atoms with Crippen molar-refractivity contribution in [3.63, 3.8) is 0 Å². The number of nitrogens with one attached hydrogen (secondary N) is 1. The van der Waals surface area contributed by atoms with Crippen molar-refractivity contribution in [1.29, 1.82) is 0 Å². The average Bonchev–Trinajstić information content (AvgIpc) is 2.50. The molecule has 0 saturated carbocycles. The average molecular weight is 285 g/mol. The summed E-state index contributed by atoms with van der Waals surface area (Å²) in [5.41, 5.74) is 0.945. The molecular weight excluding hydrogens is 273 g/mol. The second-order valence-corrected chi connectivity index (χ2v) is 4.48. The first-order valence-electron chi connectivity index (χ1n) is 6.29. The molecule has 106 valence electrons. The van der Waals surface area contributed by atoms with E-state index in [0.717, 1.165) is 0 Å². The highest BCUT2D eigenvalue weighted by Crippen LogP contribution is 2.21. The van der Waals surface area contributed by atoms with E-state index in [1.54, 1.807) is 37.4 Å². The Bertz CT molecular complexity index is 858. The van der Waals surface area contributed by atoms with Crippen LogP contribution in [0, 0.1) is 5.82 Å². The molecule has 0 spiro atoms. The Labute approximate surface area is 119 Å². The number of benzene rings is 2. The smallest absolute Gasteiger partial charge is 0.216 e. The van der Waals surface area contributed by atoms with Gasteiger partial charge in [0.15, 0.2) is 0 Å². The van der Waals surface area contributed by atoms with E-state index in [2.05, 4.69) is 5.32 Å². The standard InChI is InChI=1S/C16H12FNO3/c1-20-12-5-6-13-15(8-12)21-9-14(16(13)19)18-11-4-2-3-10(17)7-11/h2-9,18H,1H3. The van der Waals surface area contributed by atoms with Crippen molar-refractivity contribution in [2.75, 3.05) is 12.4 Å². The van der Waals surface area contributed by atoms with E-state index in [4.69, 9.17) is 9.15 Å². The lowest BCUT2D eigenvalue weighted by Crippen LogP contribution is -2.08. The molecule has 0 bridgehead atoms. The van der Waals surface area contributed by atoms with Gasteiger partial charge in [-0.05, 0) is 30.3 Å². The van der Waals surface area contributed by atoms with Gasteiger partial charge in [-0.15, -0.1) is 0 Å². The van der Waals surface area contributed by atoms with Crippen LogP contribution in [0.15, 0.2) is 57.9 Å². The molecule has 0 atom stereocenters. The fourth-order valence-electron chi connectivity index (χ4n) is 2.04. The minimum absolute atomic E-state index is 0.219. The first-order chi connectivity index (χ1) is 10.2. The van der Waals surface area contributed by atoms with Gasteiger partial charge in [-0.25, -0.2) is 4.39 Å². The van der Waals surface area contributed by atoms with Crippen LogP contribution < -0.4 is 15.5 Å². The Kier molecular flexibility index (Phi) is 3.31. The molecule has 0 aliphatic heterocycles. The zero-order valence-electron chi connectivity index (χ0n) is 11.2. The van der Waals surface area contributed by atoms with Gasteiger partial charge >= 0.3 is 0 Å². The summed E-state index contributed by atoms with van der Waals surface area (Å²) in [4.78, 5) is 12.4. The van der Waals surface area contributed by atoms with Crippen LogP contribution in [-0.4, -0.2) is 7.11 Å². The lowest BCUT2D eigenvalue weighted by molar-refractivity contribution is 0.414. The van der Waals surface area contributed by atoms with E-state index in [0.29, 0.717) is 22.4 Å². The third-order valence-electron chi connectivity index (χ3n) is 3.09. The maximum Gasteiger partial charge on any atom is 0.216 e. The van der Waals surface area contributed by atoms with Crippen molar-refractivity contribution >= 4 is 22.3 Å². The van der Waals surface area contributed by atoms with Gasteiger partial charge < -0.3 is 14.5 Å². The number of halogens is 1. The van der Waals surface area contributed by atoms with Crippen molar-refractivity contribution in [2.24, 2.45) is 0 Å². The number of rotatable bonds is 3. The molecule has 0 aliphatic carbocycles. The Morgan fingerprint density at radius 3 is 2.81 bits per heavy atom. The Morgan fingerprint density at radius 1 is 1.19 bits per heavy atom. The molecule has 0 saturated heterocycles. The summed E-state index contributed by atoms with van der Waals surface area (Å²) in [6.45, 7) is 0. The maximum absolute atomic E-state index is 13.2. The van der Waals surface area contributed by atoms with Crippen LogP contribution in [0.2, 0.25) is 0 Å². The van der Waals surface area contributed by atoms with E-state index in [1.165, 1.54) is 18.4 Å². The summed E-state index contributed by atoms with van der Waals surface area (Å²) < 4.78 is 23.7. The highest BCUT2D eigenvalue weighted by Gasteiger charge is 2.08. The number of hydrogen-bond acceptors (Lipinski definition) is 4. The van der Waals surface area contributed by atoms with Gasteiger partial charge in [-0.3, -0.25) is 4.79 Å². The van der Waals surface area contributed by atoms with Crippen molar-refractivity contribution in [1.82, 2.24) is 0 Å². The zero-order chi connectivity index (χ0) is 14.8. The van der Waals surface area contributed by atoms with Crippen LogP contribution in [0.3, 0.4) is 0 Å².